The topological polar surface area (TPSA) is 36.7 Å². The number of nitrogens with zero attached hydrogens (tertiary/aromatic N) is 2. The quantitative estimate of drug-likeness (QED) is 0.614. The maximum atomic E-state index is 8.25. The van der Waals surface area contributed by atoms with Crippen LogP contribution in [0.25, 0.3) is 0 Å². The molecule has 0 saturated carbocycles. The van der Waals surface area contributed by atoms with Crippen LogP contribution in [0.4, 0.5) is 0 Å². The monoisotopic (exact) mass is 184 g/mol. The average Bonchev–Trinajstić information content (AvgIpc) is 1.90. The third kappa shape index (κ3) is 2.24. The van der Waals surface area contributed by atoms with Crippen molar-refractivity contribution >= 4 is 17.0 Å². The fraction of sp³-hybridized carbons (Fsp3) is 0. The van der Waals surface area contributed by atoms with E-state index in [1.54, 1.807) is 18.3 Å². The Morgan fingerprint density at radius 1 is 1.56 bits per heavy atom. The number of halogens is 1. The summed E-state index contributed by atoms with van der Waals surface area (Å²) in [5.41, 5.74) is 0.604. The third-order valence-corrected chi connectivity index (χ3v) is 0.791. The van der Waals surface area contributed by atoms with Gasteiger partial charge in [-0.1, -0.05) is 0 Å². The van der Waals surface area contributed by atoms with Gasteiger partial charge in [-0.2, -0.15) is 5.26 Å². The average molecular weight is 185 g/mol. The molecule has 9 heavy (non-hydrogen) atoms. The first-order valence-corrected chi connectivity index (χ1v) is 2.23. The van der Waals surface area contributed by atoms with Gasteiger partial charge in [0.2, 0.25) is 0 Å². The van der Waals surface area contributed by atoms with Crippen LogP contribution < -0.4 is 0 Å². The molecule has 0 aliphatic carbocycles. The van der Waals surface area contributed by atoms with Crippen LogP contribution >= 0.6 is 17.0 Å². The first kappa shape index (κ1) is 8.12. The molecule has 0 fully saturated rings. The molecule has 3 heteroatoms. The molecule has 0 atom stereocenters. The molecule has 0 spiro atoms. The van der Waals surface area contributed by atoms with Gasteiger partial charge in [-0.05, 0) is 12.1 Å². The predicted molar refractivity (Wildman–Crippen MR) is 39.3 cm³/mol. The molecule has 0 saturated heterocycles. The Hall–Kier alpha value is -0.880. The number of hydrogen-bond acceptors (Lipinski definition) is 2. The third-order valence-electron chi connectivity index (χ3n) is 0.791. The fourth-order valence-corrected chi connectivity index (χ4v) is 0.429. The molecule has 1 aromatic rings. The number of aromatic nitrogens is 1. The van der Waals surface area contributed by atoms with Crippen molar-refractivity contribution in [2.24, 2.45) is 0 Å². The number of pyridine rings is 1. The van der Waals surface area contributed by atoms with Crippen LogP contribution in [0.2, 0.25) is 0 Å². The summed E-state index contributed by atoms with van der Waals surface area (Å²) in [5, 5.41) is 8.25. The minimum atomic E-state index is 0. The van der Waals surface area contributed by atoms with E-state index in [1.165, 1.54) is 6.20 Å². The molecule has 0 N–H and O–H groups in total. The molecule has 46 valence electrons. The fourth-order valence-electron chi connectivity index (χ4n) is 0.429. The van der Waals surface area contributed by atoms with Crippen LogP contribution in [0.3, 0.4) is 0 Å². The zero-order valence-corrected chi connectivity index (χ0v) is 6.33. The van der Waals surface area contributed by atoms with Gasteiger partial charge in [-0.25, -0.2) is 0 Å². The van der Waals surface area contributed by atoms with Crippen molar-refractivity contribution in [1.82, 2.24) is 4.98 Å². The summed E-state index contributed by atoms with van der Waals surface area (Å²) in [7, 11) is 0. The Morgan fingerprint density at radius 3 is 2.67 bits per heavy atom. The first-order valence-electron chi connectivity index (χ1n) is 2.23. The van der Waals surface area contributed by atoms with Crippen molar-refractivity contribution in [2.75, 3.05) is 0 Å². The Balaban J connectivity index is 0.000000640. The molecule has 0 radical (unpaired) electrons. The lowest BCUT2D eigenvalue weighted by Gasteiger charge is -1.79. The smallest absolute Gasteiger partial charge is 0.101 e. The van der Waals surface area contributed by atoms with Gasteiger partial charge in [0.15, 0.2) is 0 Å². The number of hydrogen-bond donors (Lipinski definition) is 0. The minimum Gasteiger partial charge on any atom is -0.263 e. The Kier molecular flexibility index (Phi) is 3.65. The van der Waals surface area contributed by atoms with Gasteiger partial charge in [-0.3, -0.25) is 4.98 Å². The minimum absolute atomic E-state index is 0. The number of rotatable bonds is 0. The van der Waals surface area contributed by atoms with Crippen molar-refractivity contribution < 1.29 is 0 Å². The van der Waals surface area contributed by atoms with Gasteiger partial charge in [0.1, 0.15) is 6.07 Å². The molecule has 0 bridgehead atoms. The largest absolute Gasteiger partial charge is 0.263 e. The maximum Gasteiger partial charge on any atom is 0.101 e. The predicted octanol–water partition coefficient (Wildman–Crippen LogP) is 1.53. The van der Waals surface area contributed by atoms with Crippen LogP contribution in [-0.2, 0) is 0 Å². The lowest BCUT2D eigenvalue weighted by atomic mass is 10.3. The highest BCUT2D eigenvalue weighted by atomic mass is 79.9. The van der Waals surface area contributed by atoms with E-state index in [4.69, 9.17) is 5.26 Å². The molecule has 1 rings (SSSR count). The molecule has 2 nitrogen and oxygen atoms in total. The van der Waals surface area contributed by atoms with Gasteiger partial charge in [0.05, 0.1) is 5.56 Å². The molecule has 1 aromatic heterocycles. The van der Waals surface area contributed by atoms with Crippen molar-refractivity contribution in [3.63, 3.8) is 0 Å². The van der Waals surface area contributed by atoms with E-state index in [0.29, 0.717) is 5.56 Å². The first-order chi connectivity index (χ1) is 3.93. The van der Waals surface area contributed by atoms with E-state index in [2.05, 4.69) is 4.98 Å². The Morgan fingerprint density at radius 2 is 2.33 bits per heavy atom. The standard InChI is InChI=1S/C6H4N2.BrH/c7-4-6-2-1-3-8-5-6;/h1-3,5H;1H. The molecular weight excluding hydrogens is 180 g/mol. The normalized spacial score (nSPS) is 7.00. The Bertz CT molecular complexity index is 202. The molecule has 1 heterocycles. The SMILES string of the molecule is Br.N#Cc1cccnc1. The highest BCUT2D eigenvalue weighted by Crippen LogP contribution is 1.89. The summed E-state index contributed by atoms with van der Waals surface area (Å²) in [4.78, 5) is 3.73. The zero-order chi connectivity index (χ0) is 5.82. The molecule has 0 amide bonds. The summed E-state index contributed by atoms with van der Waals surface area (Å²) < 4.78 is 0. The van der Waals surface area contributed by atoms with E-state index in [0.717, 1.165) is 0 Å². The van der Waals surface area contributed by atoms with Crippen LogP contribution in [0.1, 0.15) is 5.56 Å². The van der Waals surface area contributed by atoms with Crippen molar-refractivity contribution in [2.45, 2.75) is 0 Å². The van der Waals surface area contributed by atoms with Gasteiger partial charge >= 0.3 is 0 Å². The van der Waals surface area contributed by atoms with Gasteiger partial charge in [-0.15, -0.1) is 17.0 Å². The van der Waals surface area contributed by atoms with Crippen LogP contribution in [0, 0.1) is 11.3 Å². The lowest BCUT2D eigenvalue weighted by Crippen LogP contribution is -1.72. The molecule has 0 aromatic carbocycles. The second-order valence-corrected chi connectivity index (χ2v) is 1.35. The van der Waals surface area contributed by atoms with E-state index in [1.807, 2.05) is 6.07 Å². The highest BCUT2D eigenvalue weighted by Gasteiger charge is 1.80. The molecule has 0 aliphatic heterocycles. The molecule has 0 unspecified atom stereocenters. The van der Waals surface area contributed by atoms with Crippen molar-refractivity contribution in [3.05, 3.63) is 30.1 Å². The molecule has 0 aliphatic rings. The Labute approximate surface area is 63.9 Å². The maximum absolute atomic E-state index is 8.25. The van der Waals surface area contributed by atoms with E-state index in [9.17, 15) is 0 Å². The highest BCUT2D eigenvalue weighted by molar-refractivity contribution is 8.93. The lowest BCUT2D eigenvalue weighted by molar-refractivity contribution is 1.30. The van der Waals surface area contributed by atoms with Crippen molar-refractivity contribution in [1.29, 1.82) is 5.26 Å². The summed E-state index contributed by atoms with van der Waals surface area (Å²) in [6, 6.07) is 5.41. The summed E-state index contributed by atoms with van der Waals surface area (Å²) in [6.07, 6.45) is 3.17. The van der Waals surface area contributed by atoms with E-state index >= 15 is 0 Å². The van der Waals surface area contributed by atoms with E-state index < -0.39 is 0 Å². The van der Waals surface area contributed by atoms with Gasteiger partial charge in [0, 0.05) is 12.4 Å². The van der Waals surface area contributed by atoms with E-state index in [-0.39, 0.29) is 17.0 Å². The summed E-state index contributed by atoms with van der Waals surface area (Å²) >= 11 is 0. The molecular formula is C6H5BrN2. The second kappa shape index (κ2) is 4.04. The summed E-state index contributed by atoms with van der Waals surface area (Å²) in [6.45, 7) is 0. The van der Waals surface area contributed by atoms with Crippen LogP contribution in [-0.4, -0.2) is 4.98 Å². The second-order valence-electron chi connectivity index (χ2n) is 1.35. The zero-order valence-electron chi connectivity index (χ0n) is 4.61. The van der Waals surface area contributed by atoms with Crippen LogP contribution in [0.5, 0.6) is 0 Å². The summed E-state index contributed by atoms with van der Waals surface area (Å²) in [5.74, 6) is 0. The van der Waals surface area contributed by atoms with Gasteiger partial charge < -0.3 is 0 Å². The van der Waals surface area contributed by atoms with Crippen molar-refractivity contribution in [3.8, 4) is 6.07 Å². The van der Waals surface area contributed by atoms with Gasteiger partial charge in [0.25, 0.3) is 0 Å². The van der Waals surface area contributed by atoms with Crippen LogP contribution in [0.15, 0.2) is 24.5 Å². The number of nitriles is 1.